The second-order valence-corrected chi connectivity index (χ2v) is 6.69. The number of hydrogen-bond donors (Lipinski definition) is 1. The molecule has 1 atom stereocenters. The molecule has 2 aromatic carbocycles. The molecule has 0 aliphatic carbocycles. The van der Waals surface area contributed by atoms with Crippen molar-refractivity contribution in [3.05, 3.63) is 88.7 Å². The summed E-state index contributed by atoms with van der Waals surface area (Å²) < 4.78 is 22.0. The number of allylic oxidation sites excluding steroid dienone is 1. The third kappa shape index (κ3) is 3.47. The summed E-state index contributed by atoms with van der Waals surface area (Å²) in [7, 11) is 1.52. The third-order valence-electron chi connectivity index (χ3n) is 4.75. The fraction of sp³-hybridized carbons (Fsp3) is 0.130. The van der Waals surface area contributed by atoms with Crippen molar-refractivity contribution in [2.75, 3.05) is 7.11 Å². The highest BCUT2D eigenvalue weighted by Crippen LogP contribution is 2.43. The maximum atomic E-state index is 12.5. The van der Waals surface area contributed by atoms with Crippen LogP contribution in [0.3, 0.4) is 0 Å². The van der Waals surface area contributed by atoms with Crippen LogP contribution >= 0.6 is 0 Å². The van der Waals surface area contributed by atoms with Crippen LogP contribution in [0.1, 0.15) is 33.4 Å². The summed E-state index contributed by atoms with van der Waals surface area (Å²) in [6, 6.07) is 17.3. The molecule has 2 heterocycles. The van der Waals surface area contributed by atoms with E-state index >= 15 is 0 Å². The van der Waals surface area contributed by atoms with Crippen LogP contribution in [0, 0.1) is 18.3 Å². The number of carbonyl (C=O) groups is 1. The first-order chi connectivity index (χ1) is 14.5. The van der Waals surface area contributed by atoms with E-state index in [0.717, 1.165) is 5.76 Å². The van der Waals surface area contributed by atoms with E-state index in [4.69, 9.17) is 24.4 Å². The van der Waals surface area contributed by atoms with Gasteiger partial charge in [0.2, 0.25) is 5.88 Å². The van der Waals surface area contributed by atoms with E-state index in [1.807, 2.05) is 13.0 Å². The summed E-state index contributed by atoms with van der Waals surface area (Å²) in [5, 5.41) is 9.58. The van der Waals surface area contributed by atoms with E-state index in [1.54, 1.807) is 48.5 Å². The quantitative estimate of drug-likeness (QED) is 0.518. The maximum absolute atomic E-state index is 12.5. The molecule has 1 aliphatic heterocycles. The van der Waals surface area contributed by atoms with Crippen molar-refractivity contribution < 1.29 is 23.4 Å². The van der Waals surface area contributed by atoms with Gasteiger partial charge in [-0.2, -0.15) is 5.26 Å². The lowest BCUT2D eigenvalue weighted by Gasteiger charge is -2.25. The fourth-order valence-corrected chi connectivity index (χ4v) is 3.32. The second-order valence-electron chi connectivity index (χ2n) is 6.69. The molecule has 1 aromatic heterocycles. The van der Waals surface area contributed by atoms with E-state index in [-0.39, 0.29) is 17.2 Å². The number of nitrogens with zero attached hydrogens (tertiary/aromatic N) is 1. The summed E-state index contributed by atoms with van der Waals surface area (Å²) in [6.07, 6.45) is 0. The van der Waals surface area contributed by atoms with Crippen molar-refractivity contribution in [3.63, 3.8) is 0 Å². The number of rotatable bonds is 4. The molecule has 1 aliphatic rings. The number of aryl methyl sites for hydroxylation is 1. The molecular formula is C23H18N2O5. The zero-order chi connectivity index (χ0) is 21.3. The molecule has 150 valence electrons. The zero-order valence-corrected chi connectivity index (χ0v) is 16.3. The highest BCUT2D eigenvalue weighted by atomic mass is 16.5. The Kier molecular flexibility index (Phi) is 4.90. The van der Waals surface area contributed by atoms with Crippen LogP contribution in [0.2, 0.25) is 0 Å². The van der Waals surface area contributed by atoms with Gasteiger partial charge in [-0.25, -0.2) is 4.79 Å². The fourth-order valence-electron chi connectivity index (χ4n) is 3.32. The topological polar surface area (TPSA) is 108 Å². The number of ether oxygens (including phenoxy) is 3. The van der Waals surface area contributed by atoms with Crippen LogP contribution in [0.25, 0.3) is 0 Å². The average molecular weight is 402 g/mol. The molecule has 0 saturated carbocycles. The summed E-state index contributed by atoms with van der Waals surface area (Å²) in [4.78, 5) is 12.5. The van der Waals surface area contributed by atoms with Gasteiger partial charge in [0.05, 0.1) is 18.6 Å². The van der Waals surface area contributed by atoms with Crippen LogP contribution in [0.4, 0.5) is 0 Å². The Hall–Kier alpha value is -4.18. The number of benzene rings is 2. The smallest absolute Gasteiger partial charge is 0.343 e. The van der Waals surface area contributed by atoms with Gasteiger partial charge < -0.3 is 24.4 Å². The van der Waals surface area contributed by atoms with Gasteiger partial charge in [0.25, 0.3) is 0 Å². The van der Waals surface area contributed by atoms with Crippen molar-refractivity contribution in [2.45, 2.75) is 12.8 Å². The van der Waals surface area contributed by atoms with Gasteiger partial charge in [-0.3, -0.25) is 0 Å². The SMILES string of the molecule is COc1cccc(C(=O)Oc2ccc3c(c2)OC(N)=C(C#N)C3c2ccc(C)o2)c1. The van der Waals surface area contributed by atoms with E-state index in [0.29, 0.717) is 28.4 Å². The van der Waals surface area contributed by atoms with Gasteiger partial charge >= 0.3 is 5.97 Å². The third-order valence-corrected chi connectivity index (χ3v) is 4.75. The number of esters is 1. The Morgan fingerprint density at radius 1 is 1.13 bits per heavy atom. The van der Waals surface area contributed by atoms with E-state index in [2.05, 4.69) is 6.07 Å². The van der Waals surface area contributed by atoms with Gasteiger partial charge in [-0.15, -0.1) is 0 Å². The predicted molar refractivity (Wildman–Crippen MR) is 107 cm³/mol. The Morgan fingerprint density at radius 2 is 1.97 bits per heavy atom. The molecule has 7 nitrogen and oxygen atoms in total. The molecular weight excluding hydrogens is 384 g/mol. The molecule has 0 radical (unpaired) electrons. The minimum Gasteiger partial charge on any atom is -0.497 e. The average Bonchev–Trinajstić information content (AvgIpc) is 3.18. The summed E-state index contributed by atoms with van der Waals surface area (Å²) in [5.41, 5.74) is 7.29. The molecule has 30 heavy (non-hydrogen) atoms. The Morgan fingerprint density at radius 3 is 2.67 bits per heavy atom. The minimum absolute atomic E-state index is 0.0136. The van der Waals surface area contributed by atoms with Crippen LogP contribution < -0.4 is 19.9 Å². The number of furan rings is 1. The van der Waals surface area contributed by atoms with Crippen molar-refractivity contribution in [2.24, 2.45) is 5.73 Å². The van der Waals surface area contributed by atoms with Gasteiger partial charge in [-0.05, 0) is 43.3 Å². The standard InChI is InChI=1S/C23H18N2O5/c1-13-6-9-19(28-13)21-17-8-7-16(11-20(17)30-22(25)18(21)12-24)29-23(26)14-4-3-5-15(10-14)27-2/h3-11,21H,25H2,1-2H3. The van der Waals surface area contributed by atoms with Crippen LogP contribution in [0.15, 0.2) is 70.5 Å². The second kappa shape index (κ2) is 7.68. The molecule has 0 fully saturated rings. The molecule has 7 heteroatoms. The van der Waals surface area contributed by atoms with Gasteiger partial charge in [0.15, 0.2) is 0 Å². The molecule has 4 rings (SSSR count). The monoisotopic (exact) mass is 402 g/mol. The van der Waals surface area contributed by atoms with Crippen LogP contribution in [-0.2, 0) is 0 Å². The normalized spacial score (nSPS) is 15.0. The van der Waals surface area contributed by atoms with Gasteiger partial charge in [-0.1, -0.05) is 12.1 Å². The highest BCUT2D eigenvalue weighted by molar-refractivity contribution is 5.91. The van der Waals surface area contributed by atoms with Crippen molar-refractivity contribution >= 4 is 5.97 Å². The predicted octanol–water partition coefficient (Wildman–Crippen LogP) is 4.03. The lowest BCUT2D eigenvalue weighted by molar-refractivity contribution is 0.0734. The van der Waals surface area contributed by atoms with E-state index in [9.17, 15) is 10.1 Å². The maximum Gasteiger partial charge on any atom is 0.343 e. The summed E-state index contributed by atoms with van der Waals surface area (Å²) in [5.74, 6) is 1.47. The number of nitrogens with two attached hydrogens (primary N) is 1. The van der Waals surface area contributed by atoms with E-state index in [1.165, 1.54) is 7.11 Å². The first kappa shape index (κ1) is 19.2. The van der Waals surface area contributed by atoms with Gasteiger partial charge in [0, 0.05) is 11.6 Å². The number of nitriles is 1. The molecule has 3 aromatic rings. The first-order valence-electron chi connectivity index (χ1n) is 9.14. The molecule has 2 N–H and O–H groups in total. The summed E-state index contributed by atoms with van der Waals surface area (Å²) >= 11 is 0. The number of carbonyl (C=O) groups excluding carboxylic acids is 1. The molecule has 0 spiro atoms. The van der Waals surface area contributed by atoms with Crippen molar-refractivity contribution in [3.8, 4) is 23.3 Å². The lowest BCUT2D eigenvalue weighted by atomic mass is 9.87. The Balaban J connectivity index is 1.66. The zero-order valence-electron chi connectivity index (χ0n) is 16.3. The molecule has 0 amide bonds. The first-order valence-corrected chi connectivity index (χ1v) is 9.14. The molecule has 1 unspecified atom stereocenters. The van der Waals surface area contributed by atoms with Crippen molar-refractivity contribution in [1.82, 2.24) is 0 Å². The lowest BCUT2D eigenvalue weighted by Crippen LogP contribution is -2.21. The highest BCUT2D eigenvalue weighted by Gasteiger charge is 2.33. The number of fused-ring (bicyclic) bond motifs is 1. The summed E-state index contributed by atoms with van der Waals surface area (Å²) in [6.45, 7) is 1.82. The van der Waals surface area contributed by atoms with Crippen LogP contribution in [0.5, 0.6) is 17.2 Å². The molecule has 0 saturated heterocycles. The Labute approximate surface area is 172 Å². The largest absolute Gasteiger partial charge is 0.497 e. The van der Waals surface area contributed by atoms with Crippen LogP contribution in [-0.4, -0.2) is 13.1 Å². The van der Waals surface area contributed by atoms with Crippen molar-refractivity contribution in [1.29, 1.82) is 5.26 Å². The minimum atomic E-state index is -0.538. The number of hydrogen-bond acceptors (Lipinski definition) is 7. The molecule has 0 bridgehead atoms. The van der Waals surface area contributed by atoms with Gasteiger partial charge in [0.1, 0.15) is 40.4 Å². The Bertz CT molecular complexity index is 1200. The van der Waals surface area contributed by atoms with E-state index < -0.39 is 11.9 Å². The number of methoxy groups -OCH3 is 1.